The van der Waals surface area contributed by atoms with Crippen LogP contribution in [-0.4, -0.2) is 22.3 Å². The van der Waals surface area contributed by atoms with Crippen molar-refractivity contribution in [3.05, 3.63) is 29.6 Å². The lowest BCUT2D eigenvalue weighted by molar-refractivity contribution is -0.135. The number of hydrogen-bond acceptors (Lipinski definition) is 3. The van der Waals surface area contributed by atoms with E-state index in [2.05, 4.69) is 11.1 Å². The average Bonchev–Trinajstić information content (AvgIpc) is 2.36. The van der Waals surface area contributed by atoms with Crippen LogP contribution in [0.3, 0.4) is 0 Å². The standard InChI is InChI=1S/C15H21N3O/c1-5-18(15(19)14(9-16)11(2)3)10-13-8-6-7-12(4)17-13/h6-8,11,14H,5,10H2,1-4H3. The van der Waals surface area contributed by atoms with Gasteiger partial charge in [-0.25, -0.2) is 0 Å². The molecule has 0 radical (unpaired) electrons. The van der Waals surface area contributed by atoms with Gasteiger partial charge in [0.1, 0.15) is 5.92 Å². The summed E-state index contributed by atoms with van der Waals surface area (Å²) in [6.07, 6.45) is 0. The molecule has 0 bridgehead atoms. The predicted molar refractivity (Wildman–Crippen MR) is 74.0 cm³/mol. The Labute approximate surface area is 115 Å². The zero-order valence-corrected chi connectivity index (χ0v) is 12.1. The topological polar surface area (TPSA) is 57.0 Å². The molecule has 1 rings (SSSR count). The summed E-state index contributed by atoms with van der Waals surface area (Å²) in [5, 5.41) is 9.11. The van der Waals surface area contributed by atoms with Crippen LogP contribution in [0.1, 0.15) is 32.2 Å². The number of amides is 1. The van der Waals surface area contributed by atoms with Crippen LogP contribution < -0.4 is 0 Å². The van der Waals surface area contributed by atoms with Crippen molar-refractivity contribution < 1.29 is 4.79 Å². The lowest BCUT2D eigenvalue weighted by Crippen LogP contribution is -2.37. The van der Waals surface area contributed by atoms with Gasteiger partial charge in [-0.15, -0.1) is 0 Å². The van der Waals surface area contributed by atoms with Crippen molar-refractivity contribution in [2.75, 3.05) is 6.54 Å². The highest BCUT2D eigenvalue weighted by Crippen LogP contribution is 2.15. The fraction of sp³-hybridized carbons (Fsp3) is 0.533. The van der Waals surface area contributed by atoms with Crippen LogP contribution >= 0.6 is 0 Å². The third kappa shape index (κ3) is 4.06. The van der Waals surface area contributed by atoms with Gasteiger partial charge in [-0.1, -0.05) is 19.9 Å². The zero-order valence-electron chi connectivity index (χ0n) is 12.1. The molecule has 0 N–H and O–H groups in total. The zero-order chi connectivity index (χ0) is 14.4. The van der Waals surface area contributed by atoms with Crippen LogP contribution in [-0.2, 0) is 11.3 Å². The quantitative estimate of drug-likeness (QED) is 0.816. The van der Waals surface area contributed by atoms with E-state index in [9.17, 15) is 4.79 Å². The molecule has 0 aromatic carbocycles. The molecule has 19 heavy (non-hydrogen) atoms. The third-order valence-electron chi connectivity index (χ3n) is 3.06. The van der Waals surface area contributed by atoms with Crippen molar-refractivity contribution in [3.8, 4) is 6.07 Å². The number of nitriles is 1. The summed E-state index contributed by atoms with van der Waals surface area (Å²) in [5.74, 6) is -0.662. The number of carbonyl (C=O) groups is 1. The van der Waals surface area contributed by atoms with Gasteiger partial charge in [0.15, 0.2) is 0 Å². The highest BCUT2D eigenvalue weighted by molar-refractivity contribution is 5.81. The van der Waals surface area contributed by atoms with Crippen molar-refractivity contribution in [2.45, 2.75) is 34.2 Å². The molecule has 0 saturated heterocycles. The molecule has 0 aliphatic carbocycles. The Bertz CT molecular complexity index is 477. The van der Waals surface area contributed by atoms with Gasteiger partial charge in [0.2, 0.25) is 5.91 Å². The minimum atomic E-state index is -0.579. The molecule has 0 fully saturated rings. The number of pyridine rings is 1. The molecule has 1 aromatic rings. The Morgan fingerprint density at radius 1 is 1.47 bits per heavy atom. The molecule has 0 saturated carbocycles. The van der Waals surface area contributed by atoms with Crippen LogP contribution in [0.2, 0.25) is 0 Å². The van der Waals surface area contributed by atoms with Gasteiger partial charge in [-0.2, -0.15) is 5.26 Å². The van der Waals surface area contributed by atoms with Gasteiger partial charge in [0, 0.05) is 12.2 Å². The van der Waals surface area contributed by atoms with Crippen molar-refractivity contribution in [1.29, 1.82) is 5.26 Å². The maximum atomic E-state index is 12.3. The first-order valence-corrected chi connectivity index (χ1v) is 6.60. The van der Waals surface area contributed by atoms with Gasteiger partial charge in [-0.3, -0.25) is 9.78 Å². The number of aryl methyl sites for hydroxylation is 1. The summed E-state index contributed by atoms with van der Waals surface area (Å²) in [5.41, 5.74) is 1.79. The number of hydrogen-bond donors (Lipinski definition) is 0. The van der Waals surface area contributed by atoms with Crippen LogP contribution in [0.4, 0.5) is 0 Å². The largest absolute Gasteiger partial charge is 0.336 e. The fourth-order valence-electron chi connectivity index (χ4n) is 1.91. The Hall–Kier alpha value is -1.89. The molecule has 0 spiro atoms. The molecule has 0 aliphatic rings. The Morgan fingerprint density at radius 2 is 2.16 bits per heavy atom. The van der Waals surface area contributed by atoms with Crippen molar-refractivity contribution in [2.24, 2.45) is 11.8 Å². The second-order valence-corrected chi connectivity index (χ2v) is 4.97. The summed E-state index contributed by atoms with van der Waals surface area (Å²) in [4.78, 5) is 18.4. The molecule has 102 valence electrons. The molecular weight excluding hydrogens is 238 g/mol. The SMILES string of the molecule is CCN(Cc1cccc(C)n1)C(=O)C(C#N)C(C)C. The first-order chi connectivity index (χ1) is 8.99. The van der Waals surface area contributed by atoms with Crippen molar-refractivity contribution in [3.63, 3.8) is 0 Å². The minimum absolute atomic E-state index is 0.0250. The number of aromatic nitrogens is 1. The maximum absolute atomic E-state index is 12.3. The smallest absolute Gasteiger partial charge is 0.240 e. The second kappa shape index (κ2) is 6.89. The van der Waals surface area contributed by atoms with E-state index in [1.807, 2.05) is 45.9 Å². The van der Waals surface area contributed by atoms with E-state index >= 15 is 0 Å². The lowest BCUT2D eigenvalue weighted by Gasteiger charge is -2.24. The highest BCUT2D eigenvalue weighted by atomic mass is 16.2. The summed E-state index contributed by atoms with van der Waals surface area (Å²) < 4.78 is 0. The van der Waals surface area contributed by atoms with Crippen LogP contribution in [0.25, 0.3) is 0 Å². The predicted octanol–water partition coefficient (Wildman–Crippen LogP) is 2.53. The monoisotopic (exact) mass is 259 g/mol. The van der Waals surface area contributed by atoms with E-state index in [0.29, 0.717) is 13.1 Å². The van der Waals surface area contributed by atoms with Gasteiger partial charge < -0.3 is 4.90 Å². The lowest BCUT2D eigenvalue weighted by atomic mass is 9.96. The first kappa shape index (κ1) is 15.2. The van der Waals surface area contributed by atoms with E-state index in [1.54, 1.807) is 4.90 Å². The molecule has 4 heteroatoms. The van der Waals surface area contributed by atoms with Crippen molar-refractivity contribution in [1.82, 2.24) is 9.88 Å². The van der Waals surface area contributed by atoms with Gasteiger partial charge in [0.25, 0.3) is 0 Å². The average molecular weight is 259 g/mol. The molecule has 0 aliphatic heterocycles. The molecular formula is C15H21N3O. The maximum Gasteiger partial charge on any atom is 0.240 e. The molecule has 1 atom stereocenters. The summed E-state index contributed by atoms with van der Waals surface area (Å²) in [6, 6.07) is 7.86. The summed E-state index contributed by atoms with van der Waals surface area (Å²) >= 11 is 0. The molecule has 1 aromatic heterocycles. The molecule has 4 nitrogen and oxygen atoms in total. The van der Waals surface area contributed by atoms with Crippen LogP contribution in [0.5, 0.6) is 0 Å². The van der Waals surface area contributed by atoms with Crippen LogP contribution in [0, 0.1) is 30.1 Å². The van der Waals surface area contributed by atoms with Crippen LogP contribution in [0.15, 0.2) is 18.2 Å². The normalized spacial score (nSPS) is 12.0. The number of carbonyl (C=O) groups excluding carboxylic acids is 1. The van der Waals surface area contributed by atoms with E-state index in [0.717, 1.165) is 11.4 Å². The van der Waals surface area contributed by atoms with E-state index in [-0.39, 0.29) is 11.8 Å². The number of nitrogens with zero attached hydrogens (tertiary/aromatic N) is 3. The molecule has 1 amide bonds. The van der Waals surface area contributed by atoms with Gasteiger partial charge in [-0.05, 0) is 31.9 Å². The minimum Gasteiger partial charge on any atom is -0.336 e. The van der Waals surface area contributed by atoms with E-state index < -0.39 is 5.92 Å². The summed E-state index contributed by atoms with van der Waals surface area (Å²) in [7, 11) is 0. The first-order valence-electron chi connectivity index (χ1n) is 6.60. The fourth-order valence-corrected chi connectivity index (χ4v) is 1.91. The second-order valence-electron chi connectivity index (χ2n) is 4.97. The Morgan fingerprint density at radius 3 is 2.63 bits per heavy atom. The van der Waals surface area contributed by atoms with Gasteiger partial charge in [0.05, 0.1) is 18.3 Å². The Balaban J connectivity index is 2.84. The Kier molecular flexibility index (Phi) is 5.50. The highest BCUT2D eigenvalue weighted by Gasteiger charge is 2.26. The number of rotatable bonds is 5. The van der Waals surface area contributed by atoms with Crippen molar-refractivity contribution >= 4 is 5.91 Å². The third-order valence-corrected chi connectivity index (χ3v) is 3.06. The molecule has 1 unspecified atom stereocenters. The van der Waals surface area contributed by atoms with Gasteiger partial charge >= 0.3 is 0 Å². The summed E-state index contributed by atoms with van der Waals surface area (Å²) in [6.45, 7) is 8.67. The molecule has 1 heterocycles. The van der Waals surface area contributed by atoms with E-state index in [4.69, 9.17) is 5.26 Å². The van der Waals surface area contributed by atoms with E-state index in [1.165, 1.54) is 0 Å².